The maximum absolute atomic E-state index is 12.8. The molecule has 2 aromatic rings. The first-order chi connectivity index (χ1) is 9.51. The molecule has 0 bridgehead atoms. The van der Waals surface area contributed by atoms with Gasteiger partial charge >= 0.3 is 0 Å². The van der Waals surface area contributed by atoms with E-state index >= 15 is 0 Å². The molecule has 106 valence electrons. The third-order valence-corrected chi connectivity index (χ3v) is 5.66. The molecule has 1 aromatic carbocycles. The minimum absolute atomic E-state index is 0.0224. The van der Waals surface area contributed by atoms with Crippen molar-refractivity contribution in [3.63, 3.8) is 0 Å². The van der Waals surface area contributed by atoms with Crippen LogP contribution in [-0.4, -0.2) is 36.6 Å². The Balaban J connectivity index is 2.15. The van der Waals surface area contributed by atoms with E-state index in [0.717, 1.165) is 0 Å². The van der Waals surface area contributed by atoms with Crippen LogP contribution in [0.25, 0.3) is 0 Å². The monoisotopic (exact) mass is 358 g/mol. The van der Waals surface area contributed by atoms with Gasteiger partial charge in [0.05, 0.1) is 12.2 Å². The van der Waals surface area contributed by atoms with Crippen molar-refractivity contribution in [1.82, 2.24) is 15.0 Å². The summed E-state index contributed by atoms with van der Waals surface area (Å²) in [5, 5.41) is 7.46. The van der Waals surface area contributed by atoms with Gasteiger partial charge in [-0.2, -0.15) is 8.42 Å². The molecule has 0 amide bonds. The summed E-state index contributed by atoms with van der Waals surface area (Å²) in [7, 11) is -2.21. The Kier molecular flexibility index (Phi) is 3.17. The van der Waals surface area contributed by atoms with Crippen molar-refractivity contribution < 1.29 is 13.2 Å². The van der Waals surface area contributed by atoms with E-state index in [1.54, 1.807) is 24.3 Å². The standard InChI is InChI=1S/C11H11BrN4O3S/c1-15-11(10(12)13-14-15)20(17,18)16-6-7-19-9-5-3-2-4-8(9)16/h2-5H,6-7H2,1H3. The fourth-order valence-corrected chi connectivity index (χ4v) is 4.59. The first kappa shape index (κ1) is 13.4. The molecular weight excluding hydrogens is 348 g/mol. The Morgan fingerprint density at radius 1 is 1.35 bits per heavy atom. The molecule has 0 fully saturated rings. The highest BCUT2D eigenvalue weighted by atomic mass is 79.9. The van der Waals surface area contributed by atoms with Gasteiger partial charge in [-0.15, -0.1) is 5.10 Å². The largest absolute Gasteiger partial charge is 0.489 e. The fourth-order valence-electron chi connectivity index (χ4n) is 2.09. The molecule has 0 atom stereocenters. The zero-order chi connectivity index (χ0) is 14.3. The van der Waals surface area contributed by atoms with Gasteiger partial charge in [0.15, 0.2) is 4.60 Å². The molecule has 0 aliphatic carbocycles. The molecule has 0 unspecified atom stereocenters. The van der Waals surface area contributed by atoms with Crippen molar-refractivity contribution in [2.45, 2.75) is 5.03 Å². The number of ether oxygens (including phenoxy) is 1. The molecule has 0 saturated heterocycles. The van der Waals surface area contributed by atoms with Gasteiger partial charge in [-0.05, 0) is 28.1 Å². The number of halogens is 1. The number of aromatic nitrogens is 3. The maximum atomic E-state index is 12.8. The summed E-state index contributed by atoms with van der Waals surface area (Å²) in [6.07, 6.45) is 0. The molecule has 1 aliphatic rings. The number of aryl methyl sites for hydroxylation is 1. The average molecular weight is 359 g/mol. The zero-order valence-electron chi connectivity index (χ0n) is 10.5. The summed E-state index contributed by atoms with van der Waals surface area (Å²) >= 11 is 3.13. The Morgan fingerprint density at radius 3 is 2.80 bits per heavy atom. The lowest BCUT2D eigenvalue weighted by Gasteiger charge is -2.30. The van der Waals surface area contributed by atoms with E-state index in [2.05, 4.69) is 26.2 Å². The third kappa shape index (κ3) is 1.97. The molecule has 0 radical (unpaired) electrons. The molecule has 7 nitrogen and oxygen atoms in total. The lowest BCUT2D eigenvalue weighted by Crippen LogP contribution is -2.38. The number of benzene rings is 1. The van der Waals surface area contributed by atoms with Crippen molar-refractivity contribution in [2.75, 3.05) is 17.5 Å². The number of sulfonamides is 1. The van der Waals surface area contributed by atoms with Crippen molar-refractivity contribution >= 4 is 31.6 Å². The molecule has 1 aromatic heterocycles. The van der Waals surface area contributed by atoms with Crippen molar-refractivity contribution in [3.05, 3.63) is 28.9 Å². The van der Waals surface area contributed by atoms with E-state index in [-0.39, 0.29) is 16.2 Å². The molecule has 2 heterocycles. The van der Waals surface area contributed by atoms with Crippen LogP contribution in [0.5, 0.6) is 5.75 Å². The molecule has 0 N–H and O–H groups in total. The van der Waals surface area contributed by atoms with Gasteiger partial charge in [0.2, 0.25) is 5.03 Å². The number of rotatable bonds is 2. The number of nitrogens with zero attached hydrogens (tertiary/aromatic N) is 4. The Bertz CT molecular complexity index is 739. The van der Waals surface area contributed by atoms with E-state index in [1.807, 2.05) is 0 Å². The van der Waals surface area contributed by atoms with Crippen molar-refractivity contribution in [2.24, 2.45) is 7.05 Å². The Labute approximate surface area is 124 Å². The highest BCUT2D eigenvalue weighted by Crippen LogP contribution is 2.35. The summed E-state index contributed by atoms with van der Waals surface area (Å²) in [6.45, 7) is 0.552. The summed E-state index contributed by atoms with van der Waals surface area (Å²) in [6, 6.07) is 7.03. The highest BCUT2D eigenvalue weighted by Gasteiger charge is 2.34. The van der Waals surface area contributed by atoms with Gasteiger partial charge in [-0.25, -0.2) is 4.68 Å². The Morgan fingerprint density at radius 2 is 2.10 bits per heavy atom. The second-order valence-corrected chi connectivity index (χ2v) is 6.73. The van der Waals surface area contributed by atoms with Gasteiger partial charge in [0.1, 0.15) is 12.4 Å². The van der Waals surface area contributed by atoms with Crippen LogP contribution in [0.2, 0.25) is 0 Å². The predicted octanol–water partition coefficient (Wildman–Crippen LogP) is 1.17. The van der Waals surface area contributed by atoms with Gasteiger partial charge in [-0.3, -0.25) is 4.31 Å². The molecular formula is C11H11BrN4O3S. The Hall–Kier alpha value is -1.61. The molecule has 20 heavy (non-hydrogen) atoms. The molecule has 1 aliphatic heterocycles. The van der Waals surface area contributed by atoms with Crippen LogP contribution in [0, 0.1) is 0 Å². The number of para-hydroxylation sites is 2. The van der Waals surface area contributed by atoms with E-state index in [0.29, 0.717) is 18.0 Å². The van der Waals surface area contributed by atoms with Crippen LogP contribution < -0.4 is 9.04 Å². The van der Waals surface area contributed by atoms with Crippen LogP contribution >= 0.6 is 15.9 Å². The van der Waals surface area contributed by atoms with E-state index < -0.39 is 10.0 Å². The number of anilines is 1. The first-order valence-electron chi connectivity index (χ1n) is 5.81. The second kappa shape index (κ2) is 4.74. The lowest BCUT2D eigenvalue weighted by atomic mass is 10.2. The molecule has 3 rings (SSSR count). The average Bonchev–Trinajstić information content (AvgIpc) is 2.78. The number of hydrogen-bond acceptors (Lipinski definition) is 5. The zero-order valence-corrected chi connectivity index (χ0v) is 12.9. The highest BCUT2D eigenvalue weighted by molar-refractivity contribution is 9.10. The summed E-state index contributed by atoms with van der Waals surface area (Å²) in [5.74, 6) is 0.550. The molecule has 0 saturated carbocycles. The van der Waals surface area contributed by atoms with Gasteiger partial charge in [0, 0.05) is 7.05 Å². The predicted molar refractivity (Wildman–Crippen MR) is 75.2 cm³/mol. The number of fused-ring (bicyclic) bond motifs is 1. The van der Waals surface area contributed by atoms with Gasteiger partial charge < -0.3 is 4.74 Å². The smallest absolute Gasteiger partial charge is 0.284 e. The van der Waals surface area contributed by atoms with Gasteiger partial charge in [0.25, 0.3) is 10.0 Å². The maximum Gasteiger partial charge on any atom is 0.284 e. The fraction of sp³-hybridized carbons (Fsp3) is 0.273. The van der Waals surface area contributed by atoms with Crippen LogP contribution in [0.1, 0.15) is 0 Å². The van der Waals surface area contributed by atoms with Crippen molar-refractivity contribution in [3.8, 4) is 5.75 Å². The molecule has 9 heteroatoms. The lowest BCUT2D eigenvalue weighted by molar-refractivity contribution is 0.315. The van der Waals surface area contributed by atoms with Crippen LogP contribution in [0.15, 0.2) is 33.9 Å². The van der Waals surface area contributed by atoms with Crippen LogP contribution in [-0.2, 0) is 17.1 Å². The summed E-state index contributed by atoms with van der Waals surface area (Å²) in [4.78, 5) is 0. The third-order valence-electron chi connectivity index (χ3n) is 2.96. The second-order valence-electron chi connectivity index (χ2n) is 4.20. The molecule has 0 spiro atoms. The van der Waals surface area contributed by atoms with E-state index in [1.165, 1.54) is 16.0 Å². The minimum Gasteiger partial charge on any atom is -0.489 e. The van der Waals surface area contributed by atoms with E-state index in [9.17, 15) is 8.42 Å². The number of hydrogen-bond donors (Lipinski definition) is 0. The SMILES string of the molecule is Cn1nnc(Br)c1S(=O)(=O)N1CCOc2ccccc21. The minimum atomic E-state index is -3.75. The van der Waals surface area contributed by atoms with Crippen molar-refractivity contribution in [1.29, 1.82) is 0 Å². The van der Waals surface area contributed by atoms with E-state index in [4.69, 9.17) is 4.74 Å². The topological polar surface area (TPSA) is 77.3 Å². The first-order valence-corrected chi connectivity index (χ1v) is 8.05. The normalized spacial score (nSPS) is 14.8. The van der Waals surface area contributed by atoms with Crippen LogP contribution in [0.3, 0.4) is 0 Å². The summed E-state index contributed by atoms with van der Waals surface area (Å²) in [5.41, 5.74) is 0.520. The van der Waals surface area contributed by atoms with Gasteiger partial charge in [-0.1, -0.05) is 17.3 Å². The summed E-state index contributed by atoms with van der Waals surface area (Å²) < 4.78 is 33.8. The quantitative estimate of drug-likeness (QED) is 0.804. The van der Waals surface area contributed by atoms with Crippen LogP contribution in [0.4, 0.5) is 5.69 Å².